The van der Waals surface area contributed by atoms with Crippen molar-refractivity contribution in [1.82, 2.24) is 19.7 Å². The normalized spacial score (nSPS) is 16.0. The number of nitrogens with two attached hydrogens (primary N) is 1. The summed E-state index contributed by atoms with van der Waals surface area (Å²) in [5.41, 5.74) is 7.83. The summed E-state index contributed by atoms with van der Waals surface area (Å²) < 4.78 is 31.2. The van der Waals surface area contributed by atoms with E-state index in [1.165, 1.54) is 9.80 Å². The highest BCUT2D eigenvalue weighted by molar-refractivity contribution is 6.03. The predicted molar refractivity (Wildman–Crippen MR) is 191 cm³/mol. The van der Waals surface area contributed by atoms with Gasteiger partial charge in [0.25, 0.3) is 0 Å². The van der Waals surface area contributed by atoms with Gasteiger partial charge in [-0.15, -0.1) is 0 Å². The molecule has 0 bridgehead atoms. The number of aliphatic hydroxyl groups is 1. The van der Waals surface area contributed by atoms with Crippen molar-refractivity contribution >= 4 is 23.6 Å². The van der Waals surface area contributed by atoms with Crippen LogP contribution >= 0.6 is 0 Å². The number of likely N-dealkylation sites (tertiary alicyclic amines) is 1. The highest BCUT2D eigenvalue weighted by Crippen LogP contribution is 2.41. The molecular weight excluding hydrogens is 656 g/mol. The Balaban J connectivity index is 1.44. The lowest BCUT2D eigenvalue weighted by Gasteiger charge is -2.41. The molecule has 1 unspecified atom stereocenters. The highest BCUT2D eigenvalue weighted by atomic mass is 19.1. The summed E-state index contributed by atoms with van der Waals surface area (Å²) in [5.74, 6) is -2.56. The zero-order valence-corrected chi connectivity index (χ0v) is 30.0. The molecule has 1 aliphatic heterocycles. The number of nitrogens with zero attached hydrogens (tertiary/aromatic N) is 3. The molecule has 0 aliphatic carbocycles. The predicted octanol–water partition coefficient (Wildman–Crippen LogP) is 5.18. The first kappa shape index (κ1) is 39.4. The number of amides is 4. The lowest BCUT2D eigenvalue weighted by molar-refractivity contribution is -0.140. The van der Waals surface area contributed by atoms with E-state index in [1.807, 2.05) is 55.7 Å². The molecule has 10 nitrogen and oxygen atoms in total. The summed E-state index contributed by atoms with van der Waals surface area (Å²) in [7, 11) is 0. The van der Waals surface area contributed by atoms with Gasteiger partial charge in [0.15, 0.2) is 0 Å². The number of benzene rings is 2. The monoisotopic (exact) mass is 707 g/mol. The summed E-state index contributed by atoms with van der Waals surface area (Å²) in [6.07, 6.45) is 5.14. The molecule has 0 saturated carbocycles. The molecule has 0 spiro atoms. The Morgan fingerprint density at radius 3 is 2.39 bits per heavy atom. The van der Waals surface area contributed by atoms with E-state index >= 15 is 0 Å². The number of hydrogen-bond acceptors (Lipinski definition) is 6. The number of aromatic nitrogens is 1. The van der Waals surface area contributed by atoms with Crippen molar-refractivity contribution in [3.8, 4) is 11.1 Å². The molecular formula is C39H51F2N5O5. The summed E-state index contributed by atoms with van der Waals surface area (Å²) in [5, 5.41) is 12.9. The van der Waals surface area contributed by atoms with Crippen LogP contribution in [-0.2, 0) is 25.7 Å². The fraction of sp³-hybridized carbons (Fsp3) is 0.487. The van der Waals surface area contributed by atoms with Gasteiger partial charge >= 0.3 is 0 Å². The Morgan fingerprint density at radius 1 is 1.04 bits per heavy atom. The van der Waals surface area contributed by atoms with Crippen LogP contribution in [0.4, 0.5) is 8.78 Å². The van der Waals surface area contributed by atoms with Crippen molar-refractivity contribution in [3.05, 3.63) is 83.7 Å². The van der Waals surface area contributed by atoms with Crippen LogP contribution in [0.1, 0.15) is 83.5 Å². The molecule has 0 radical (unpaired) electrons. The maximum atomic E-state index is 15.0. The minimum Gasteiger partial charge on any atom is -0.387 e. The molecule has 1 aliphatic rings. The van der Waals surface area contributed by atoms with Crippen LogP contribution in [0, 0.1) is 23.0 Å². The van der Waals surface area contributed by atoms with Crippen LogP contribution in [-0.4, -0.2) is 75.4 Å². The molecule has 3 aromatic rings. The smallest absolute Gasteiger partial charge is 0.248 e. The standard InChI is InChI=1S/C39H51F2N5O5/c1-26-20-34(48)46(38(26)51)18-11-6-5-10-17-43-37(50)32(42)16-19-45(35(49)25-47)36(39(2,3)4)33-21-28(30-22-29(40)14-15-31(30)41)24-44(33)23-27-12-8-7-9-13-27/h7-9,12-15,21-22,24,26,32,36,47H,5-6,10-11,16-20,23,25,42H2,1-4H3,(H,43,50)/t26?,32-,36-/m0/s1. The average Bonchev–Trinajstić information content (AvgIpc) is 3.60. The quantitative estimate of drug-likeness (QED) is 0.131. The number of carbonyl (C=O) groups excluding carboxylic acids is 4. The summed E-state index contributed by atoms with van der Waals surface area (Å²) in [6, 6.07) is 13.1. The number of carbonyl (C=O) groups is 4. The third-order valence-electron chi connectivity index (χ3n) is 9.33. The van der Waals surface area contributed by atoms with Gasteiger partial charge in [-0.2, -0.15) is 0 Å². The van der Waals surface area contributed by atoms with Gasteiger partial charge in [-0.05, 0) is 54.5 Å². The molecule has 12 heteroatoms. The van der Waals surface area contributed by atoms with Gasteiger partial charge in [-0.3, -0.25) is 24.1 Å². The van der Waals surface area contributed by atoms with Gasteiger partial charge in [0.1, 0.15) is 18.2 Å². The molecule has 1 saturated heterocycles. The minimum atomic E-state index is -0.929. The molecule has 4 rings (SSSR count). The van der Waals surface area contributed by atoms with Gasteiger partial charge in [-0.1, -0.05) is 70.9 Å². The largest absolute Gasteiger partial charge is 0.387 e. The van der Waals surface area contributed by atoms with Gasteiger partial charge < -0.3 is 25.6 Å². The molecule has 4 amide bonds. The van der Waals surface area contributed by atoms with Crippen LogP contribution in [0.15, 0.2) is 60.8 Å². The van der Waals surface area contributed by atoms with E-state index in [-0.39, 0.29) is 48.6 Å². The highest BCUT2D eigenvalue weighted by Gasteiger charge is 2.38. The molecule has 1 aromatic heterocycles. The number of halogens is 2. The Hall–Kier alpha value is -4.42. The maximum absolute atomic E-state index is 15.0. The van der Waals surface area contributed by atoms with Gasteiger partial charge in [-0.25, -0.2) is 8.78 Å². The molecule has 4 N–H and O–H groups in total. The average molecular weight is 708 g/mol. The Morgan fingerprint density at radius 2 is 1.75 bits per heavy atom. The first-order valence-electron chi connectivity index (χ1n) is 17.7. The van der Waals surface area contributed by atoms with E-state index in [9.17, 15) is 33.1 Å². The molecule has 276 valence electrons. The van der Waals surface area contributed by atoms with Crippen LogP contribution < -0.4 is 11.1 Å². The van der Waals surface area contributed by atoms with Crippen molar-refractivity contribution in [2.45, 2.75) is 84.8 Å². The summed E-state index contributed by atoms with van der Waals surface area (Å²) >= 11 is 0. The summed E-state index contributed by atoms with van der Waals surface area (Å²) in [4.78, 5) is 53.2. The zero-order valence-electron chi connectivity index (χ0n) is 30.0. The number of rotatable bonds is 17. The zero-order chi connectivity index (χ0) is 37.3. The van der Waals surface area contributed by atoms with Gasteiger partial charge in [0, 0.05) is 61.5 Å². The topological polar surface area (TPSA) is 138 Å². The first-order chi connectivity index (χ1) is 24.2. The lowest BCUT2D eigenvalue weighted by Crippen LogP contribution is -2.47. The fourth-order valence-corrected chi connectivity index (χ4v) is 6.68. The number of unbranched alkanes of at least 4 members (excludes halogenated alkanes) is 3. The van der Waals surface area contributed by atoms with E-state index in [0.29, 0.717) is 43.7 Å². The number of hydrogen-bond donors (Lipinski definition) is 3. The van der Waals surface area contributed by atoms with E-state index in [2.05, 4.69) is 5.32 Å². The first-order valence-corrected chi connectivity index (χ1v) is 17.7. The minimum absolute atomic E-state index is 0.0582. The molecule has 51 heavy (non-hydrogen) atoms. The van der Waals surface area contributed by atoms with Crippen LogP contribution in [0.5, 0.6) is 0 Å². The Kier molecular flexibility index (Phi) is 13.6. The second-order valence-electron chi connectivity index (χ2n) is 14.5. The number of aliphatic hydroxyl groups excluding tert-OH is 1. The molecule has 3 atom stereocenters. The number of nitrogens with one attached hydrogen (secondary N) is 1. The third kappa shape index (κ3) is 10.3. The Bertz CT molecular complexity index is 1670. The maximum Gasteiger partial charge on any atom is 0.248 e. The van der Waals surface area contributed by atoms with Crippen LogP contribution in [0.3, 0.4) is 0 Å². The van der Waals surface area contributed by atoms with Crippen LogP contribution in [0.25, 0.3) is 11.1 Å². The second-order valence-corrected chi connectivity index (χ2v) is 14.5. The van der Waals surface area contributed by atoms with E-state index in [1.54, 1.807) is 19.2 Å². The second kappa shape index (κ2) is 17.7. The van der Waals surface area contributed by atoms with Gasteiger partial charge in [0.05, 0.1) is 12.1 Å². The van der Waals surface area contributed by atoms with E-state index < -0.39 is 41.6 Å². The van der Waals surface area contributed by atoms with Crippen molar-refractivity contribution in [2.75, 3.05) is 26.2 Å². The van der Waals surface area contributed by atoms with Crippen molar-refractivity contribution in [1.29, 1.82) is 0 Å². The summed E-state index contributed by atoms with van der Waals surface area (Å²) in [6.45, 7) is 8.11. The lowest BCUT2D eigenvalue weighted by atomic mass is 9.82. The SMILES string of the molecule is CC1CC(=O)N(CCCCCCNC(=O)[C@@H](N)CCN(C(=O)CO)[C@@H](c2cc(-c3cc(F)ccc3F)cn2Cc2ccccc2)C(C)(C)C)C1=O. The van der Waals surface area contributed by atoms with Gasteiger partial charge in [0.2, 0.25) is 23.6 Å². The third-order valence-corrected chi connectivity index (χ3v) is 9.33. The fourth-order valence-electron chi connectivity index (χ4n) is 6.68. The van der Waals surface area contributed by atoms with Crippen LogP contribution in [0.2, 0.25) is 0 Å². The van der Waals surface area contributed by atoms with Crippen molar-refractivity contribution in [3.63, 3.8) is 0 Å². The van der Waals surface area contributed by atoms with E-state index in [4.69, 9.17) is 5.73 Å². The molecule has 2 heterocycles. The number of imide groups is 1. The van der Waals surface area contributed by atoms with E-state index in [0.717, 1.165) is 36.6 Å². The van der Waals surface area contributed by atoms with Crippen molar-refractivity contribution in [2.24, 2.45) is 17.1 Å². The van der Waals surface area contributed by atoms with Crippen molar-refractivity contribution < 1.29 is 33.1 Å². The molecule has 2 aromatic carbocycles. The Labute approximate surface area is 299 Å². The molecule has 1 fully saturated rings.